The van der Waals surface area contributed by atoms with E-state index in [1.807, 2.05) is 39.8 Å². The number of carbonyl (C=O) groups excluding carboxylic acids is 2. The highest BCUT2D eigenvalue weighted by Crippen LogP contribution is 2.27. The van der Waals surface area contributed by atoms with Gasteiger partial charge < -0.3 is 19.5 Å². The first-order valence-corrected chi connectivity index (χ1v) is 11.1. The van der Waals surface area contributed by atoms with Gasteiger partial charge >= 0.3 is 0 Å². The molecule has 1 N–H and O–H groups in total. The summed E-state index contributed by atoms with van der Waals surface area (Å²) in [6.45, 7) is 6.50. The van der Waals surface area contributed by atoms with Crippen LogP contribution < -0.4 is 5.32 Å². The van der Waals surface area contributed by atoms with Gasteiger partial charge in [0.25, 0.3) is 11.8 Å². The van der Waals surface area contributed by atoms with Crippen LogP contribution in [0, 0.1) is 0 Å². The standard InChI is InChI=1S/C24H31N3O3/c1-3-18-11-8-12-26(18)24(29)21-15-19(22-16-30-14-13-27(21)22)23(28)25-20(4-2)17-9-6-5-7-10-17/h5-7,9-10,15,18,20H,3-4,8,11-14,16H2,1-2H3,(H,25,28)/t18-,20-/m1/s1. The van der Waals surface area contributed by atoms with Crippen molar-refractivity contribution in [1.82, 2.24) is 14.8 Å². The highest BCUT2D eigenvalue weighted by molar-refractivity contribution is 6.01. The van der Waals surface area contributed by atoms with Gasteiger partial charge in [-0.05, 0) is 37.3 Å². The number of rotatable bonds is 6. The molecule has 3 heterocycles. The lowest BCUT2D eigenvalue weighted by atomic mass is 10.0. The molecule has 6 nitrogen and oxygen atoms in total. The van der Waals surface area contributed by atoms with Crippen LogP contribution in [0.1, 0.15) is 77.7 Å². The van der Waals surface area contributed by atoms with Crippen molar-refractivity contribution >= 4 is 11.8 Å². The quantitative estimate of drug-likeness (QED) is 0.787. The summed E-state index contributed by atoms with van der Waals surface area (Å²) in [7, 11) is 0. The number of ether oxygens (including phenoxy) is 1. The summed E-state index contributed by atoms with van der Waals surface area (Å²) in [5.41, 5.74) is 3.06. The molecule has 2 atom stereocenters. The number of nitrogens with zero attached hydrogens (tertiary/aromatic N) is 2. The molecule has 0 saturated carbocycles. The van der Waals surface area contributed by atoms with Crippen LogP contribution in [-0.2, 0) is 17.9 Å². The molecular formula is C24H31N3O3. The number of amides is 2. The Balaban J connectivity index is 1.62. The molecule has 160 valence electrons. The van der Waals surface area contributed by atoms with Gasteiger partial charge in [-0.3, -0.25) is 9.59 Å². The molecule has 1 aromatic heterocycles. The lowest BCUT2D eigenvalue weighted by Gasteiger charge is -2.25. The lowest BCUT2D eigenvalue weighted by Crippen LogP contribution is -2.37. The van der Waals surface area contributed by atoms with Crippen LogP contribution >= 0.6 is 0 Å². The van der Waals surface area contributed by atoms with Gasteiger partial charge in [0.2, 0.25) is 0 Å². The van der Waals surface area contributed by atoms with Crippen molar-refractivity contribution in [3.8, 4) is 0 Å². The summed E-state index contributed by atoms with van der Waals surface area (Å²) in [5.74, 6) is -0.107. The summed E-state index contributed by atoms with van der Waals surface area (Å²) in [5, 5.41) is 3.16. The summed E-state index contributed by atoms with van der Waals surface area (Å²) in [6, 6.07) is 12.0. The van der Waals surface area contributed by atoms with E-state index >= 15 is 0 Å². The van der Waals surface area contributed by atoms with Crippen LogP contribution in [0.15, 0.2) is 36.4 Å². The van der Waals surface area contributed by atoms with Crippen LogP contribution in [0.3, 0.4) is 0 Å². The fraction of sp³-hybridized carbons (Fsp3) is 0.500. The summed E-state index contributed by atoms with van der Waals surface area (Å²) >= 11 is 0. The van der Waals surface area contributed by atoms with Gasteiger partial charge in [0.15, 0.2) is 0 Å². The molecule has 0 spiro atoms. The number of fused-ring (bicyclic) bond motifs is 1. The first kappa shape index (κ1) is 20.7. The van der Waals surface area contributed by atoms with E-state index in [4.69, 9.17) is 4.74 Å². The third-order valence-electron chi connectivity index (χ3n) is 6.40. The van der Waals surface area contributed by atoms with E-state index in [0.29, 0.717) is 37.1 Å². The smallest absolute Gasteiger partial charge is 0.270 e. The highest BCUT2D eigenvalue weighted by Gasteiger charge is 2.33. The fourth-order valence-electron chi connectivity index (χ4n) is 4.72. The molecule has 30 heavy (non-hydrogen) atoms. The second-order valence-corrected chi connectivity index (χ2v) is 8.14. The number of hydrogen-bond acceptors (Lipinski definition) is 3. The van der Waals surface area contributed by atoms with Crippen molar-refractivity contribution in [2.24, 2.45) is 0 Å². The van der Waals surface area contributed by atoms with E-state index < -0.39 is 0 Å². The SMILES string of the molecule is CC[C@@H]1CCCN1C(=O)c1cc(C(=O)N[C@H](CC)c2ccccc2)c2n1CCOC2. The minimum atomic E-state index is -0.146. The maximum Gasteiger partial charge on any atom is 0.270 e. The number of carbonyl (C=O) groups is 2. The third-order valence-corrected chi connectivity index (χ3v) is 6.40. The minimum absolute atomic E-state index is 0.0386. The van der Waals surface area contributed by atoms with Crippen molar-refractivity contribution in [2.45, 2.75) is 64.8 Å². The van der Waals surface area contributed by atoms with E-state index in [0.717, 1.165) is 43.5 Å². The van der Waals surface area contributed by atoms with Crippen LogP contribution in [0.25, 0.3) is 0 Å². The molecule has 2 aromatic rings. The van der Waals surface area contributed by atoms with E-state index in [-0.39, 0.29) is 17.9 Å². The average Bonchev–Trinajstić information content (AvgIpc) is 3.42. The van der Waals surface area contributed by atoms with Crippen LogP contribution in [0.2, 0.25) is 0 Å². The number of likely N-dealkylation sites (tertiary alicyclic amines) is 1. The molecule has 1 fully saturated rings. The van der Waals surface area contributed by atoms with Crippen LogP contribution in [-0.4, -0.2) is 40.5 Å². The molecule has 6 heteroatoms. The van der Waals surface area contributed by atoms with Crippen molar-refractivity contribution in [1.29, 1.82) is 0 Å². The maximum atomic E-state index is 13.4. The van der Waals surface area contributed by atoms with Crippen molar-refractivity contribution in [3.05, 3.63) is 58.9 Å². The van der Waals surface area contributed by atoms with Gasteiger partial charge in [-0.25, -0.2) is 0 Å². The molecule has 0 radical (unpaired) electrons. The van der Waals surface area contributed by atoms with E-state index in [1.54, 1.807) is 6.07 Å². The van der Waals surface area contributed by atoms with Crippen LogP contribution in [0.5, 0.6) is 0 Å². The molecule has 0 aliphatic carbocycles. The monoisotopic (exact) mass is 409 g/mol. The normalized spacial score (nSPS) is 19.4. The van der Waals surface area contributed by atoms with E-state index in [9.17, 15) is 9.59 Å². The summed E-state index contributed by atoms with van der Waals surface area (Å²) < 4.78 is 7.63. The number of nitrogens with one attached hydrogen (secondary N) is 1. The Hall–Kier alpha value is -2.60. The van der Waals surface area contributed by atoms with E-state index in [1.165, 1.54) is 0 Å². The second kappa shape index (κ2) is 9.04. The number of benzene rings is 1. The first-order chi connectivity index (χ1) is 14.6. The number of hydrogen-bond donors (Lipinski definition) is 1. The third kappa shape index (κ3) is 3.88. The Morgan fingerprint density at radius 2 is 2.00 bits per heavy atom. The summed E-state index contributed by atoms with van der Waals surface area (Å²) in [4.78, 5) is 28.6. The van der Waals surface area contributed by atoms with Gasteiger partial charge in [0.05, 0.1) is 30.5 Å². The Labute approximate surface area is 178 Å². The Morgan fingerprint density at radius 3 is 2.73 bits per heavy atom. The predicted octanol–water partition coefficient (Wildman–Crippen LogP) is 3.91. The van der Waals surface area contributed by atoms with Crippen molar-refractivity contribution < 1.29 is 14.3 Å². The van der Waals surface area contributed by atoms with E-state index in [2.05, 4.69) is 19.2 Å². The Morgan fingerprint density at radius 1 is 1.20 bits per heavy atom. The summed E-state index contributed by atoms with van der Waals surface area (Å²) in [6.07, 6.45) is 3.86. The predicted molar refractivity (Wildman–Crippen MR) is 115 cm³/mol. The number of aromatic nitrogens is 1. The molecule has 1 saturated heterocycles. The molecule has 2 aliphatic heterocycles. The zero-order valence-electron chi connectivity index (χ0n) is 17.9. The van der Waals surface area contributed by atoms with Gasteiger partial charge in [-0.15, -0.1) is 0 Å². The second-order valence-electron chi connectivity index (χ2n) is 8.14. The highest BCUT2D eigenvalue weighted by atomic mass is 16.5. The molecule has 0 unspecified atom stereocenters. The van der Waals surface area contributed by atoms with Gasteiger partial charge in [-0.1, -0.05) is 44.2 Å². The lowest BCUT2D eigenvalue weighted by molar-refractivity contribution is 0.0673. The van der Waals surface area contributed by atoms with Crippen LogP contribution in [0.4, 0.5) is 0 Å². The fourth-order valence-corrected chi connectivity index (χ4v) is 4.72. The molecular weight excluding hydrogens is 378 g/mol. The molecule has 1 aromatic carbocycles. The van der Waals surface area contributed by atoms with Crippen molar-refractivity contribution in [2.75, 3.05) is 13.2 Å². The molecule has 4 rings (SSSR count). The molecule has 2 amide bonds. The zero-order chi connectivity index (χ0) is 21.1. The van der Waals surface area contributed by atoms with Gasteiger partial charge in [0.1, 0.15) is 5.69 Å². The Bertz CT molecular complexity index is 906. The zero-order valence-corrected chi connectivity index (χ0v) is 17.9. The maximum absolute atomic E-state index is 13.4. The topological polar surface area (TPSA) is 63.6 Å². The Kier molecular flexibility index (Phi) is 6.23. The molecule has 2 aliphatic rings. The first-order valence-electron chi connectivity index (χ1n) is 11.1. The van der Waals surface area contributed by atoms with Crippen molar-refractivity contribution in [3.63, 3.8) is 0 Å². The molecule has 0 bridgehead atoms. The average molecular weight is 410 g/mol. The van der Waals surface area contributed by atoms with Gasteiger partial charge in [-0.2, -0.15) is 0 Å². The largest absolute Gasteiger partial charge is 0.373 e. The minimum Gasteiger partial charge on any atom is -0.373 e. The van der Waals surface area contributed by atoms with Gasteiger partial charge in [0, 0.05) is 19.1 Å².